The monoisotopic (exact) mass is 666 g/mol. The summed E-state index contributed by atoms with van der Waals surface area (Å²) in [5.74, 6) is -0.689. The second kappa shape index (κ2) is 27.7. The Morgan fingerprint density at radius 2 is 1.02 bits per heavy atom. The van der Waals surface area contributed by atoms with Gasteiger partial charge in [0.1, 0.15) is 12.2 Å². The predicted octanol–water partition coefficient (Wildman–Crippen LogP) is 7.15. The molecule has 3 atom stereocenters. The molecule has 10 nitrogen and oxygen atoms in total. The van der Waals surface area contributed by atoms with E-state index < -0.39 is 14.8 Å². The van der Waals surface area contributed by atoms with E-state index in [0.717, 1.165) is 58.2 Å². The highest BCUT2D eigenvalue weighted by atomic mass is 28.4. The van der Waals surface area contributed by atoms with Crippen molar-refractivity contribution < 1.29 is 46.4 Å². The third kappa shape index (κ3) is 20.7. The quantitative estimate of drug-likeness (QED) is 0.0319. The van der Waals surface area contributed by atoms with Crippen LogP contribution in [0.3, 0.4) is 0 Å². The summed E-state index contributed by atoms with van der Waals surface area (Å²) in [5.41, 5.74) is 0. The van der Waals surface area contributed by atoms with E-state index in [9.17, 15) is 0 Å². The third-order valence-corrected chi connectivity index (χ3v) is 10.7. The molecular weight excluding hydrogens is 596 g/mol. The zero-order valence-electron chi connectivity index (χ0n) is 30.1. The molecule has 0 aromatic carbocycles. The number of epoxide rings is 2. The largest absolute Gasteiger partial charge is 0.501 e. The van der Waals surface area contributed by atoms with E-state index in [0.29, 0.717) is 65.1 Å². The van der Waals surface area contributed by atoms with Crippen molar-refractivity contribution in [1.82, 2.24) is 0 Å². The van der Waals surface area contributed by atoms with Crippen LogP contribution >= 0.6 is 0 Å². The number of ether oxygens (including phenoxy) is 7. The van der Waals surface area contributed by atoms with Crippen LogP contribution in [0.5, 0.6) is 0 Å². The summed E-state index contributed by atoms with van der Waals surface area (Å²) in [7, 11) is -2.47. The average molecular weight is 667 g/mol. The fourth-order valence-electron chi connectivity index (χ4n) is 5.33. The topological polar surface area (TPSA) is 98.9 Å². The zero-order valence-corrected chi connectivity index (χ0v) is 31.1. The summed E-state index contributed by atoms with van der Waals surface area (Å²) in [4.78, 5) is 0. The van der Waals surface area contributed by atoms with E-state index >= 15 is 0 Å². The molecule has 0 spiro atoms. The molecule has 0 aromatic heterocycles. The number of rotatable bonds is 32. The van der Waals surface area contributed by atoms with Gasteiger partial charge in [-0.05, 0) is 67.2 Å². The number of hydrogen-bond donors (Lipinski definition) is 0. The van der Waals surface area contributed by atoms with Crippen molar-refractivity contribution >= 4 is 8.80 Å². The van der Waals surface area contributed by atoms with Crippen LogP contribution in [-0.4, -0.2) is 106 Å². The first-order valence-electron chi connectivity index (χ1n) is 18.2. The van der Waals surface area contributed by atoms with E-state index in [2.05, 4.69) is 6.92 Å². The van der Waals surface area contributed by atoms with Gasteiger partial charge in [-0.15, -0.1) is 0 Å². The molecule has 2 rings (SSSR count). The first-order chi connectivity index (χ1) is 22.0. The van der Waals surface area contributed by atoms with E-state index in [1.807, 2.05) is 41.5 Å². The molecule has 0 bridgehead atoms. The Morgan fingerprint density at radius 1 is 0.578 bits per heavy atom. The number of unbranched alkanes of at least 4 members (excludes halogenated alkanes) is 5. The Kier molecular flexibility index (Phi) is 26.4. The van der Waals surface area contributed by atoms with Crippen molar-refractivity contribution in [2.75, 3.05) is 79.3 Å². The van der Waals surface area contributed by atoms with Gasteiger partial charge in [-0.3, -0.25) is 0 Å². The molecule has 0 saturated carbocycles. The van der Waals surface area contributed by atoms with Gasteiger partial charge in [0, 0.05) is 64.8 Å². The molecule has 0 N–H and O–H groups in total. The summed E-state index contributed by atoms with van der Waals surface area (Å²) in [6.07, 6.45) is 12.4. The maximum Gasteiger partial charge on any atom is 0.501 e. The van der Waals surface area contributed by atoms with Crippen LogP contribution in [0.2, 0.25) is 6.04 Å². The summed E-state index contributed by atoms with van der Waals surface area (Å²) in [6.45, 7) is 22.4. The van der Waals surface area contributed by atoms with Crippen LogP contribution in [0, 0.1) is 5.92 Å². The van der Waals surface area contributed by atoms with Crippen LogP contribution in [0.25, 0.3) is 0 Å². The Bertz CT molecular complexity index is 616. The van der Waals surface area contributed by atoms with Crippen molar-refractivity contribution in [2.45, 2.75) is 137 Å². The second-order valence-corrected chi connectivity index (χ2v) is 14.2. The van der Waals surface area contributed by atoms with Gasteiger partial charge in [-0.25, -0.2) is 0 Å². The minimum absolute atomic E-state index is 0.226. The molecule has 2 aliphatic heterocycles. The Hall–Kier alpha value is -0.183. The van der Waals surface area contributed by atoms with Gasteiger partial charge in [-0.1, -0.05) is 45.4 Å². The van der Waals surface area contributed by atoms with Crippen LogP contribution in [0.4, 0.5) is 0 Å². The minimum atomic E-state index is -2.47. The van der Waals surface area contributed by atoms with E-state index in [1.54, 1.807) is 0 Å². The lowest BCUT2D eigenvalue weighted by molar-refractivity contribution is -0.403. The molecule has 2 aliphatic rings. The lowest BCUT2D eigenvalue weighted by Crippen LogP contribution is -2.47. The average Bonchev–Trinajstić information content (AvgIpc) is 3.95. The molecule has 0 aromatic rings. The van der Waals surface area contributed by atoms with Crippen molar-refractivity contribution in [3.63, 3.8) is 0 Å². The van der Waals surface area contributed by atoms with Gasteiger partial charge < -0.3 is 46.4 Å². The highest BCUT2D eigenvalue weighted by Gasteiger charge is 2.42. The molecule has 45 heavy (non-hydrogen) atoms. The lowest BCUT2D eigenvalue weighted by atomic mass is 9.93. The summed E-state index contributed by atoms with van der Waals surface area (Å²) < 4.78 is 57.0. The Balaban J connectivity index is 0.000000487. The summed E-state index contributed by atoms with van der Waals surface area (Å²) in [5, 5.41) is 0. The lowest BCUT2D eigenvalue weighted by Gasteiger charge is -2.39. The van der Waals surface area contributed by atoms with Gasteiger partial charge >= 0.3 is 8.80 Å². The van der Waals surface area contributed by atoms with Crippen LogP contribution in [-0.2, 0) is 46.4 Å². The number of hydrogen-bond acceptors (Lipinski definition) is 10. The van der Waals surface area contributed by atoms with Gasteiger partial charge in [0.2, 0.25) is 0 Å². The van der Waals surface area contributed by atoms with Gasteiger partial charge in [0.05, 0.1) is 26.4 Å². The van der Waals surface area contributed by atoms with Crippen molar-refractivity contribution in [1.29, 1.82) is 0 Å². The molecule has 2 heterocycles. The van der Waals surface area contributed by atoms with Crippen LogP contribution < -0.4 is 0 Å². The molecule has 0 amide bonds. The molecule has 3 unspecified atom stereocenters. The standard InChI is InChI=1S/C22H44O5.C12H26O5Si/c1-5-9-10-11-12-13-15-20(16-14-17-23-18-21-19-24-21)22(25-6-2,26-7-3)27-8-4;1-4-15-18(16-5-2,17-6-3)9-7-8-13-10-12-11-14-12/h20-21H,5-19H2,1-4H3;12H,4-11H2,1-3H3. The van der Waals surface area contributed by atoms with E-state index in [4.69, 9.17) is 46.4 Å². The zero-order chi connectivity index (χ0) is 33.1. The second-order valence-electron chi connectivity index (χ2n) is 11.4. The first kappa shape index (κ1) is 42.8. The molecular formula is C34H70O10Si. The first-order valence-corrected chi connectivity index (χ1v) is 20.1. The SMILES string of the molecule is CCCCCCCCC(CCCOCC1CO1)C(OCC)(OCC)OCC.CCO[Si](CCCOCC1CO1)(OCC)OCC. The molecule has 270 valence electrons. The molecule has 0 radical (unpaired) electrons. The van der Waals surface area contributed by atoms with Crippen molar-refractivity contribution in [3.8, 4) is 0 Å². The van der Waals surface area contributed by atoms with Gasteiger partial charge in [0.15, 0.2) is 0 Å². The summed E-state index contributed by atoms with van der Waals surface area (Å²) in [6, 6.07) is 0.814. The van der Waals surface area contributed by atoms with Gasteiger partial charge in [0.25, 0.3) is 5.97 Å². The predicted molar refractivity (Wildman–Crippen MR) is 179 cm³/mol. The van der Waals surface area contributed by atoms with Crippen LogP contribution in [0.15, 0.2) is 0 Å². The Morgan fingerprint density at radius 3 is 1.47 bits per heavy atom. The maximum absolute atomic E-state index is 6.07. The fourth-order valence-corrected chi connectivity index (χ4v) is 7.91. The van der Waals surface area contributed by atoms with Crippen molar-refractivity contribution in [2.24, 2.45) is 5.92 Å². The molecule has 0 aliphatic carbocycles. The van der Waals surface area contributed by atoms with Crippen molar-refractivity contribution in [3.05, 3.63) is 0 Å². The molecule has 2 saturated heterocycles. The third-order valence-electron chi connectivity index (χ3n) is 7.56. The molecule has 2 fully saturated rings. The smallest absolute Gasteiger partial charge is 0.379 e. The van der Waals surface area contributed by atoms with E-state index in [1.165, 1.54) is 38.5 Å². The highest BCUT2D eigenvalue weighted by molar-refractivity contribution is 6.60. The normalized spacial score (nSPS) is 18.5. The fraction of sp³-hybridized carbons (Fsp3) is 1.00. The Labute approximate surface area is 277 Å². The summed E-state index contributed by atoms with van der Waals surface area (Å²) >= 11 is 0. The van der Waals surface area contributed by atoms with Crippen LogP contribution in [0.1, 0.15) is 113 Å². The maximum atomic E-state index is 6.07. The molecule has 11 heteroatoms. The highest BCUT2D eigenvalue weighted by Crippen LogP contribution is 2.34. The minimum Gasteiger partial charge on any atom is -0.379 e. The van der Waals surface area contributed by atoms with E-state index in [-0.39, 0.29) is 5.92 Å². The van der Waals surface area contributed by atoms with Gasteiger partial charge in [-0.2, -0.15) is 0 Å².